The minimum absolute atomic E-state index is 0.164. The summed E-state index contributed by atoms with van der Waals surface area (Å²) in [5.41, 5.74) is 2.50. The molecule has 2 aromatic rings. The highest BCUT2D eigenvalue weighted by Crippen LogP contribution is 2.35. The molecule has 1 N–H and O–H groups in total. The molecule has 0 radical (unpaired) electrons. The van der Waals surface area contributed by atoms with Gasteiger partial charge in [0.15, 0.2) is 0 Å². The summed E-state index contributed by atoms with van der Waals surface area (Å²) in [7, 11) is 1.43. The molecule has 0 saturated carbocycles. The lowest BCUT2D eigenvalue weighted by Crippen LogP contribution is -2.40. The molecule has 25 heavy (non-hydrogen) atoms. The minimum atomic E-state index is -0.696. The van der Waals surface area contributed by atoms with Gasteiger partial charge in [0.1, 0.15) is 0 Å². The number of rotatable bonds is 7. The number of hydrogen-bond donors (Lipinski definition) is 1. The zero-order valence-corrected chi connectivity index (χ0v) is 16.0. The maximum atomic E-state index is 12.3. The number of carbonyl (C=O) groups is 1. The predicted molar refractivity (Wildman–Crippen MR) is 99.2 cm³/mol. The third-order valence-electron chi connectivity index (χ3n) is 4.61. The van der Waals surface area contributed by atoms with E-state index in [0.717, 1.165) is 16.8 Å². The maximum Gasteiger partial charge on any atom is 0.313 e. The fraction of sp³-hybridized carbons (Fsp3) is 0.500. The zero-order valence-electron chi connectivity index (χ0n) is 16.0. The number of nitrogens with one attached hydrogen (secondary N) is 1. The molecule has 1 atom stereocenters. The van der Waals surface area contributed by atoms with E-state index in [9.17, 15) is 4.79 Å². The van der Waals surface area contributed by atoms with E-state index in [1.807, 2.05) is 55.8 Å². The number of nitrogens with zero attached hydrogens (tertiary/aromatic N) is 2. The average molecular weight is 343 g/mol. The van der Waals surface area contributed by atoms with Crippen molar-refractivity contribution in [1.29, 1.82) is 0 Å². The minimum Gasteiger partial charge on any atom is -0.469 e. The molecular formula is C20H29N3O2. The Kier molecular flexibility index (Phi) is 6.01. The van der Waals surface area contributed by atoms with Gasteiger partial charge in [0.05, 0.1) is 18.2 Å². The Labute approximate surface area is 150 Å². The Balaban J connectivity index is 2.27. The van der Waals surface area contributed by atoms with Crippen LogP contribution in [0.1, 0.15) is 56.6 Å². The van der Waals surface area contributed by atoms with Crippen molar-refractivity contribution in [3.63, 3.8) is 0 Å². The molecule has 5 nitrogen and oxygen atoms in total. The van der Waals surface area contributed by atoms with Gasteiger partial charge in [-0.25, -0.2) is 0 Å². The summed E-state index contributed by atoms with van der Waals surface area (Å²) in [5.74, 6) is -0.233. The van der Waals surface area contributed by atoms with E-state index >= 15 is 0 Å². The van der Waals surface area contributed by atoms with Gasteiger partial charge in [-0.3, -0.25) is 9.48 Å². The number of benzene rings is 1. The van der Waals surface area contributed by atoms with E-state index in [1.54, 1.807) is 0 Å². The zero-order chi connectivity index (χ0) is 18.6. The normalized spacial score (nSPS) is 13.1. The molecule has 0 aliphatic rings. The first-order chi connectivity index (χ1) is 11.8. The second kappa shape index (κ2) is 7.83. The Bertz CT molecular complexity index is 705. The maximum absolute atomic E-state index is 12.3. The Morgan fingerprint density at radius 2 is 1.92 bits per heavy atom. The smallest absolute Gasteiger partial charge is 0.313 e. The van der Waals surface area contributed by atoms with Crippen molar-refractivity contribution >= 4 is 5.97 Å². The average Bonchev–Trinajstić information content (AvgIpc) is 2.96. The van der Waals surface area contributed by atoms with Gasteiger partial charge in [0.2, 0.25) is 0 Å². The molecule has 0 aliphatic carbocycles. The molecular weight excluding hydrogens is 314 g/mol. The monoisotopic (exact) mass is 343 g/mol. The molecule has 1 aromatic heterocycles. The molecule has 0 saturated heterocycles. The quantitative estimate of drug-likeness (QED) is 0.777. The van der Waals surface area contributed by atoms with Crippen molar-refractivity contribution in [3.05, 3.63) is 53.3 Å². The molecule has 0 amide bonds. The summed E-state index contributed by atoms with van der Waals surface area (Å²) in [6.07, 6.45) is 2.07. The Hall–Kier alpha value is -2.14. The molecule has 5 heteroatoms. The number of carbonyl (C=O) groups excluding carboxylic acids is 1. The first-order valence-electron chi connectivity index (χ1n) is 8.68. The summed E-state index contributed by atoms with van der Waals surface area (Å²) < 4.78 is 7.00. The summed E-state index contributed by atoms with van der Waals surface area (Å²) >= 11 is 0. The van der Waals surface area contributed by atoms with Crippen molar-refractivity contribution in [2.24, 2.45) is 5.41 Å². The lowest BCUT2D eigenvalue weighted by atomic mass is 9.80. The SMILES string of the molecule is COC(=O)C(C)(C)C(NCc1cn(C(C)C)nc1C)c1ccccc1. The number of ether oxygens (including phenoxy) is 1. The van der Waals surface area contributed by atoms with Crippen LogP contribution in [0.3, 0.4) is 0 Å². The van der Waals surface area contributed by atoms with Crippen LogP contribution in [0.15, 0.2) is 36.5 Å². The molecule has 0 bridgehead atoms. The van der Waals surface area contributed by atoms with Crippen LogP contribution in [0, 0.1) is 12.3 Å². The van der Waals surface area contributed by atoms with Crippen LogP contribution in [0.4, 0.5) is 0 Å². The first kappa shape index (κ1) is 19.2. The van der Waals surface area contributed by atoms with E-state index in [1.165, 1.54) is 7.11 Å². The Morgan fingerprint density at radius 3 is 2.44 bits per heavy atom. The van der Waals surface area contributed by atoms with Crippen molar-refractivity contribution in [1.82, 2.24) is 15.1 Å². The molecule has 136 valence electrons. The van der Waals surface area contributed by atoms with Gasteiger partial charge in [0.25, 0.3) is 0 Å². The van der Waals surface area contributed by atoms with Gasteiger partial charge < -0.3 is 10.1 Å². The van der Waals surface area contributed by atoms with Crippen molar-refractivity contribution < 1.29 is 9.53 Å². The summed E-state index contributed by atoms with van der Waals surface area (Å²) in [6, 6.07) is 10.2. The van der Waals surface area contributed by atoms with Crippen LogP contribution in [0.2, 0.25) is 0 Å². The molecule has 0 aliphatic heterocycles. The lowest BCUT2D eigenvalue weighted by Gasteiger charge is -2.33. The van der Waals surface area contributed by atoms with E-state index in [2.05, 4.69) is 30.5 Å². The Morgan fingerprint density at radius 1 is 1.28 bits per heavy atom. The van der Waals surface area contributed by atoms with Crippen LogP contribution >= 0.6 is 0 Å². The van der Waals surface area contributed by atoms with E-state index in [4.69, 9.17) is 4.74 Å². The highest BCUT2D eigenvalue weighted by atomic mass is 16.5. The van der Waals surface area contributed by atoms with E-state index in [0.29, 0.717) is 12.6 Å². The van der Waals surface area contributed by atoms with E-state index < -0.39 is 5.41 Å². The summed E-state index contributed by atoms with van der Waals surface area (Å²) in [6.45, 7) is 10.7. The van der Waals surface area contributed by atoms with Crippen LogP contribution in [0.5, 0.6) is 0 Å². The van der Waals surface area contributed by atoms with Gasteiger partial charge in [-0.05, 0) is 40.2 Å². The molecule has 1 heterocycles. The fourth-order valence-corrected chi connectivity index (χ4v) is 2.99. The van der Waals surface area contributed by atoms with Crippen molar-refractivity contribution in [3.8, 4) is 0 Å². The third kappa shape index (κ3) is 4.28. The van der Waals surface area contributed by atoms with Crippen LogP contribution in [-0.4, -0.2) is 22.9 Å². The molecule has 2 rings (SSSR count). The predicted octanol–water partition coefficient (Wildman–Crippen LogP) is 3.80. The lowest BCUT2D eigenvalue weighted by molar-refractivity contribution is -0.152. The van der Waals surface area contributed by atoms with Gasteiger partial charge in [-0.15, -0.1) is 0 Å². The van der Waals surface area contributed by atoms with Gasteiger partial charge >= 0.3 is 5.97 Å². The van der Waals surface area contributed by atoms with Crippen molar-refractivity contribution in [2.75, 3.05) is 7.11 Å². The van der Waals surface area contributed by atoms with Crippen LogP contribution < -0.4 is 5.32 Å². The van der Waals surface area contributed by atoms with Crippen LogP contribution in [0.25, 0.3) is 0 Å². The number of aromatic nitrogens is 2. The van der Waals surface area contributed by atoms with E-state index in [-0.39, 0.29) is 12.0 Å². The number of methoxy groups -OCH3 is 1. The molecule has 0 spiro atoms. The molecule has 1 aromatic carbocycles. The van der Waals surface area contributed by atoms with Crippen LogP contribution in [-0.2, 0) is 16.1 Å². The number of esters is 1. The highest BCUT2D eigenvalue weighted by Gasteiger charge is 2.38. The van der Waals surface area contributed by atoms with Crippen molar-refractivity contribution in [2.45, 2.75) is 53.2 Å². The third-order valence-corrected chi connectivity index (χ3v) is 4.61. The fourth-order valence-electron chi connectivity index (χ4n) is 2.99. The second-order valence-corrected chi connectivity index (χ2v) is 7.25. The van der Waals surface area contributed by atoms with Gasteiger partial charge in [-0.1, -0.05) is 30.3 Å². The standard InChI is InChI=1S/C20H29N3O2/c1-14(2)23-13-17(15(3)22-23)12-21-18(16-10-8-7-9-11-16)20(4,5)19(24)25-6/h7-11,13-14,18,21H,12H2,1-6H3. The highest BCUT2D eigenvalue weighted by molar-refractivity contribution is 5.77. The number of aryl methyl sites for hydroxylation is 1. The molecule has 1 unspecified atom stereocenters. The molecule has 0 fully saturated rings. The number of hydrogen-bond acceptors (Lipinski definition) is 4. The van der Waals surface area contributed by atoms with Gasteiger partial charge in [-0.2, -0.15) is 5.10 Å². The van der Waals surface area contributed by atoms with Gasteiger partial charge in [0, 0.05) is 30.4 Å². The topological polar surface area (TPSA) is 56.1 Å². The summed E-state index contributed by atoms with van der Waals surface area (Å²) in [5, 5.41) is 8.11. The second-order valence-electron chi connectivity index (χ2n) is 7.25. The summed E-state index contributed by atoms with van der Waals surface area (Å²) in [4.78, 5) is 12.3. The largest absolute Gasteiger partial charge is 0.469 e. The first-order valence-corrected chi connectivity index (χ1v) is 8.68.